The van der Waals surface area contributed by atoms with E-state index in [1.54, 1.807) is 0 Å². The van der Waals surface area contributed by atoms with Gasteiger partial charge >= 0.3 is 0 Å². The number of hydrogen-bond acceptors (Lipinski definition) is 2. The Morgan fingerprint density at radius 3 is 2.28 bits per heavy atom. The zero-order chi connectivity index (χ0) is 17.8. The highest BCUT2D eigenvalue weighted by molar-refractivity contribution is 6.35. The molecule has 3 aromatic rings. The molecule has 0 spiro atoms. The van der Waals surface area contributed by atoms with E-state index in [2.05, 4.69) is 10.9 Å². The average molecular weight is 373 g/mol. The minimum absolute atomic E-state index is 0.151. The minimum atomic E-state index is -0.490. The number of carbonyl (C=O) groups is 2. The largest absolute Gasteiger partial charge is 0.273 e. The van der Waals surface area contributed by atoms with E-state index in [0.717, 1.165) is 16.3 Å². The summed E-state index contributed by atoms with van der Waals surface area (Å²) in [6.07, 6.45) is 0.151. The summed E-state index contributed by atoms with van der Waals surface area (Å²) >= 11 is 11.7. The Kier molecular flexibility index (Phi) is 5.22. The second-order valence-corrected chi connectivity index (χ2v) is 6.35. The molecule has 2 amide bonds. The molecule has 0 aliphatic carbocycles. The maximum absolute atomic E-state index is 12.1. The van der Waals surface area contributed by atoms with Crippen molar-refractivity contribution in [2.45, 2.75) is 6.42 Å². The fourth-order valence-electron chi connectivity index (χ4n) is 2.55. The zero-order valence-corrected chi connectivity index (χ0v) is 14.6. The molecule has 0 saturated carbocycles. The summed E-state index contributed by atoms with van der Waals surface area (Å²) in [7, 11) is 0. The molecule has 0 aromatic heterocycles. The van der Waals surface area contributed by atoms with Gasteiger partial charge < -0.3 is 0 Å². The van der Waals surface area contributed by atoms with Crippen LogP contribution in [-0.2, 0) is 11.2 Å². The van der Waals surface area contributed by atoms with Crippen LogP contribution < -0.4 is 10.9 Å². The molecule has 0 aliphatic rings. The van der Waals surface area contributed by atoms with Crippen LogP contribution in [0.5, 0.6) is 0 Å². The average Bonchev–Trinajstić information content (AvgIpc) is 2.59. The monoisotopic (exact) mass is 372 g/mol. The van der Waals surface area contributed by atoms with Crippen LogP contribution in [0.4, 0.5) is 0 Å². The van der Waals surface area contributed by atoms with Gasteiger partial charge in [0.25, 0.3) is 5.91 Å². The molecule has 0 fully saturated rings. The molecule has 3 aromatic carbocycles. The smallest absolute Gasteiger partial charge is 0.269 e. The Morgan fingerprint density at radius 1 is 0.840 bits per heavy atom. The molecule has 25 heavy (non-hydrogen) atoms. The number of hydrogen-bond donors (Lipinski definition) is 2. The lowest BCUT2D eigenvalue weighted by molar-refractivity contribution is -0.121. The molecule has 0 heterocycles. The Hall–Kier alpha value is -2.56. The second-order valence-electron chi connectivity index (χ2n) is 5.48. The molecule has 2 N–H and O–H groups in total. The molecule has 0 radical (unpaired) electrons. The lowest BCUT2D eigenvalue weighted by atomic mass is 10.0. The van der Waals surface area contributed by atoms with Crippen molar-refractivity contribution in [2.75, 3.05) is 0 Å². The quantitative estimate of drug-likeness (QED) is 0.678. The molecule has 6 heteroatoms. The summed E-state index contributed by atoms with van der Waals surface area (Å²) in [4.78, 5) is 24.2. The van der Waals surface area contributed by atoms with E-state index >= 15 is 0 Å². The predicted molar refractivity (Wildman–Crippen MR) is 99.7 cm³/mol. The highest BCUT2D eigenvalue weighted by Gasteiger charge is 2.11. The summed E-state index contributed by atoms with van der Waals surface area (Å²) in [5.74, 6) is -0.812. The van der Waals surface area contributed by atoms with Crippen molar-refractivity contribution in [3.05, 3.63) is 81.8 Å². The standard InChI is InChI=1S/C19H14Cl2N2O2/c20-15-8-14(9-16(21)11-15)19(25)23-22-18(24)10-13-6-3-5-12-4-1-2-7-17(12)13/h1-9,11H,10H2,(H,22,24)(H,23,25). The SMILES string of the molecule is O=C(Cc1cccc2ccccc12)NNC(=O)c1cc(Cl)cc(Cl)c1. The van der Waals surface area contributed by atoms with Gasteiger partial charge in [-0.15, -0.1) is 0 Å². The topological polar surface area (TPSA) is 58.2 Å². The number of fused-ring (bicyclic) bond motifs is 1. The number of rotatable bonds is 3. The first-order valence-electron chi connectivity index (χ1n) is 7.55. The molecule has 0 unspecified atom stereocenters. The Labute approximate surface area is 154 Å². The number of amides is 2. The summed E-state index contributed by atoms with van der Waals surface area (Å²) < 4.78 is 0. The third kappa shape index (κ3) is 4.29. The van der Waals surface area contributed by atoms with Gasteiger partial charge in [-0.05, 0) is 34.5 Å². The summed E-state index contributed by atoms with van der Waals surface area (Å²) in [5, 5.41) is 2.76. The Balaban J connectivity index is 1.65. The first kappa shape index (κ1) is 17.3. The lowest BCUT2D eigenvalue weighted by Crippen LogP contribution is -2.42. The van der Waals surface area contributed by atoms with Crippen LogP contribution in [-0.4, -0.2) is 11.8 Å². The maximum Gasteiger partial charge on any atom is 0.269 e. The van der Waals surface area contributed by atoms with Crippen LogP contribution in [0.1, 0.15) is 15.9 Å². The normalized spacial score (nSPS) is 10.5. The summed E-state index contributed by atoms with van der Waals surface area (Å²) in [5.41, 5.74) is 5.93. The number of benzene rings is 3. The minimum Gasteiger partial charge on any atom is -0.273 e. The van der Waals surface area contributed by atoms with Gasteiger partial charge in [-0.2, -0.15) is 0 Å². The summed E-state index contributed by atoms with van der Waals surface area (Å²) in [6.45, 7) is 0. The van der Waals surface area contributed by atoms with Crippen molar-refractivity contribution in [3.8, 4) is 0 Å². The van der Waals surface area contributed by atoms with Crippen molar-refractivity contribution >= 4 is 45.8 Å². The molecule has 0 bridgehead atoms. The third-order valence-electron chi connectivity index (χ3n) is 3.67. The van der Waals surface area contributed by atoms with Crippen molar-refractivity contribution < 1.29 is 9.59 Å². The van der Waals surface area contributed by atoms with Gasteiger partial charge in [0.05, 0.1) is 6.42 Å². The molecular weight excluding hydrogens is 359 g/mol. The maximum atomic E-state index is 12.1. The van der Waals surface area contributed by atoms with Crippen LogP contribution in [0.2, 0.25) is 10.0 Å². The molecule has 126 valence electrons. The molecule has 4 nitrogen and oxygen atoms in total. The van der Waals surface area contributed by atoms with E-state index in [-0.39, 0.29) is 17.9 Å². The first-order chi connectivity index (χ1) is 12.0. The molecule has 0 aliphatic heterocycles. The van der Waals surface area contributed by atoms with Crippen LogP contribution in [0.25, 0.3) is 10.8 Å². The molecular formula is C19H14Cl2N2O2. The van der Waals surface area contributed by atoms with E-state index in [1.165, 1.54) is 18.2 Å². The second kappa shape index (κ2) is 7.55. The molecule has 3 rings (SSSR count). The van der Waals surface area contributed by atoms with Gasteiger partial charge in [-0.1, -0.05) is 65.7 Å². The van der Waals surface area contributed by atoms with E-state index in [4.69, 9.17) is 23.2 Å². The molecule has 0 saturated heterocycles. The van der Waals surface area contributed by atoms with Crippen molar-refractivity contribution in [3.63, 3.8) is 0 Å². The van der Waals surface area contributed by atoms with E-state index in [1.807, 2.05) is 42.5 Å². The van der Waals surface area contributed by atoms with Gasteiger partial charge in [-0.3, -0.25) is 20.4 Å². The number of halogens is 2. The van der Waals surface area contributed by atoms with Crippen LogP contribution in [0, 0.1) is 0 Å². The van der Waals surface area contributed by atoms with Crippen LogP contribution in [0.3, 0.4) is 0 Å². The van der Waals surface area contributed by atoms with Gasteiger partial charge in [-0.25, -0.2) is 0 Å². The lowest BCUT2D eigenvalue weighted by Gasteiger charge is -2.09. The van der Waals surface area contributed by atoms with Crippen molar-refractivity contribution in [1.29, 1.82) is 0 Å². The highest BCUT2D eigenvalue weighted by Crippen LogP contribution is 2.20. The van der Waals surface area contributed by atoms with Gasteiger partial charge in [0.15, 0.2) is 0 Å². The van der Waals surface area contributed by atoms with E-state index in [9.17, 15) is 9.59 Å². The van der Waals surface area contributed by atoms with Crippen molar-refractivity contribution in [2.24, 2.45) is 0 Å². The van der Waals surface area contributed by atoms with Gasteiger partial charge in [0.2, 0.25) is 5.91 Å². The van der Waals surface area contributed by atoms with E-state index in [0.29, 0.717) is 10.0 Å². The zero-order valence-electron chi connectivity index (χ0n) is 13.1. The number of hydrazine groups is 1. The predicted octanol–water partition coefficient (Wildman–Crippen LogP) is 4.15. The van der Waals surface area contributed by atoms with E-state index < -0.39 is 5.91 Å². The fourth-order valence-corrected chi connectivity index (χ4v) is 3.07. The van der Waals surface area contributed by atoms with Crippen LogP contribution in [0.15, 0.2) is 60.7 Å². The first-order valence-corrected chi connectivity index (χ1v) is 8.30. The van der Waals surface area contributed by atoms with Gasteiger partial charge in [0.1, 0.15) is 0 Å². The fraction of sp³-hybridized carbons (Fsp3) is 0.0526. The van der Waals surface area contributed by atoms with Gasteiger partial charge in [0, 0.05) is 15.6 Å². The van der Waals surface area contributed by atoms with Crippen LogP contribution >= 0.6 is 23.2 Å². The molecule has 0 atom stereocenters. The number of nitrogens with one attached hydrogen (secondary N) is 2. The number of carbonyl (C=O) groups excluding carboxylic acids is 2. The third-order valence-corrected chi connectivity index (χ3v) is 4.11. The summed E-state index contributed by atoms with van der Waals surface area (Å²) in [6, 6.07) is 18.1. The Morgan fingerprint density at radius 2 is 1.52 bits per heavy atom. The van der Waals surface area contributed by atoms with Crippen molar-refractivity contribution in [1.82, 2.24) is 10.9 Å². The Bertz CT molecular complexity index is 932. The highest BCUT2D eigenvalue weighted by atomic mass is 35.5.